The first-order valence-electron chi connectivity index (χ1n) is 9.54. The van der Waals surface area contributed by atoms with E-state index in [1.165, 1.54) is 12.1 Å². The van der Waals surface area contributed by atoms with E-state index in [-0.39, 0.29) is 36.0 Å². The summed E-state index contributed by atoms with van der Waals surface area (Å²) < 4.78 is 19.0. The summed E-state index contributed by atoms with van der Waals surface area (Å²) in [6.07, 6.45) is 4.58. The van der Waals surface area contributed by atoms with E-state index in [0.717, 1.165) is 32.1 Å². The number of nitrogens with one attached hydrogen (secondary N) is 1. The first kappa shape index (κ1) is 18.8. The summed E-state index contributed by atoms with van der Waals surface area (Å²) in [5, 5.41) is 2.94. The number of carbonyl (C=O) groups excluding carboxylic acids is 2. The largest absolute Gasteiger partial charge is 0.380 e. The quantitative estimate of drug-likeness (QED) is 0.878. The van der Waals surface area contributed by atoms with Crippen LogP contribution in [0.25, 0.3) is 0 Å². The molecule has 1 aliphatic carbocycles. The van der Waals surface area contributed by atoms with Crippen LogP contribution in [0.5, 0.6) is 0 Å². The van der Waals surface area contributed by atoms with Crippen molar-refractivity contribution >= 4 is 11.8 Å². The number of nitrogens with zero attached hydrogens (tertiary/aromatic N) is 1. The van der Waals surface area contributed by atoms with Gasteiger partial charge in [0.1, 0.15) is 5.82 Å². The highest BCUT2D eigenvalue weighted by Crippen LogP contribution is 2.30. The molecule has 6 heteroatoms. The van der Waals surface area contributed by atoms with Crippen molar-refractivity contribution in [1.29, 1.82) is 0 Å². The Kier molecular flexibility index (Phi) is 6.61. The second-order valence-corrected chi connectivity index (χ2v) is 7.11. The van der Waals surface area contributed by atoms with Crippen molar-refractivity contribution in [3.05, 3.63) is 35.6 Å². The van der Waals surface area contributed by atoms with Gasteiger partial charge < -0.3 is 15.0 Å². The SMILES string of the molecule is O=C1NCCOCCCN(C(=O)Cc2cccc(F)c2)C2CCCCC12. The van der Waals surface area contributed by atoms with Gasteiger partial charge in [-0.3, -0.25) is 9.59 Å². The fraction of sp³-hybridized carbons (Fsp3) is 0.600. The highest BCUT2D eigenvalue weighted by Gasteiger charge is 2.36. The number of benzene rings is 1. The Morgan fingerprint density at radius 3 is 2.92 bits per heavy atom. The molecule has 1 heterocycles. The van der Waals surface area contributed by atoms with Crippen LogP contribution in [-0.2, 0) is 20.7 Å². The minimum Gasteiger partial charge on any atom is -0.380 e. The lowest BCUT2D eigenvalue weighted by molar-refractivity contribution is -0.138. The van der Waals surface area contributed by atoms with Crippen LogP contribution in [0.2, 0.25) is 0 Å². The van der Waals surface area contributed by atoms with E-state index < -0.39 is 0 Å². The van der Waals surface area contributed by atoms with Crippen LogP contribution in [0.15, 0.2) is 24.3 Å². The molecule has 2 atom stereocenters. The highest BCUT2D eigenvalue weighted by atomic mass is 19.1. The average molecular weight is 362 g/mol. The van der Waals surface area contributed by atoms with Gasteiger partial charge in [0.15, 0.2) is 0 Å². The smallest absolute Gasteiger partial charge is 0.227 e. The number of hydrogen-bond donors (Lipinski definition) is 1. The summed E-state index contributed by atoms with van der Waals surface area (Å²) in [6.45, 7) is 2.15. The number of halogens is 1. The van der Waals surface area contributed by atoms with E-state index in [9.17, 15) is 14.0 Å². The monoisotopic (exact) mass is 362 g/mol. The standard InChI is InChI=1S/C20H27FN2O3/c21-16-6-3-5-15(13-16)14-19(24)23-10-4-11-26-12-9-22-20(25)17-7-1-2-8-18(17)23/h3,5-6,13,17-18H,1-2,4,7-12,14H2,(H,22,25). The Labute approximate surface area is 153 Å². The molecule has 142 valence electrons. The van der Waals surface area contributed by atoms with Crippen LogP contribution in [0, 0.1) is 11.7 Å². The summed E-state index contributed by atoms with van der Waals surface area (Å²) in [6, 6.07) is 6.08. The lowest BCUT2D eigenvalue weighted by Crippen LogP contribution is -2.51. The minimum atomic E-state index is -0.337. The predicted octanol–water partition coefficient (Wildman–Crippen LogP) is 2.29. The third-order valence-corrected chi connectivity index (χ3v) is 5.26. The number of hydrogen-bond acceptors (Lipinski definition) is 3. The van der Waals surface area contributed by atoms with Gasteiger partial charge in [-0.25, -0.2) is 4.39 Å². The zero-order chi connectivity index (χ0) is 18.4. The zero-order valence-corrected chi connectivity index (χ0v) is 15.1. The molecule has 2 unspecified atom stereocenters. The van der Waals surface area contributed by atoms with E-state index in [4.69, 9.17) is 4.74 Å². The molecule has 0 aromatic heterocycles. The minimum absolute atomic E-state index is 0.0174. The van der Waals surface area contributed by atoms with Gasteiger partial charge in [-0.05, 0) is 37.0 Å². The van der Waals surface area contributed by atoms with Crippen LogP contribution in [0.3, 0.4) is 0 Å². The molecule has 0 bridgehead atoms. The lowest BCUT2D eigenvalue weighted by atomic mass is 9.82. The maximum absolute atomic E-state index is 13.4. The molecule has 1 saturated carbocycles. The van der Waals surface area contributed by atoms with Crippen molar-refractivity contribution in [2.45, 2.75) is 44.6 Å². The van der Waals surface area contributed by atoms with Gasteiger partial charge >= 0.3 is 0 Å². The Morgan fingerprint density at radius 2 is 2.08 bits per heavy atom. The van der Waals surface area contributed by atoms with Crippen LogP contribution < -0.4 is 5.32 Å². The Hall–Kier alpha value is -1.95. The van der Waals surface area contributed by atoms with Gasteiger partial charge in [0, 0.05) is 25.7 Å². The molecule has 1 aliphatic heterocycles. The fourth-order valence-electron chi connectivity index (χ4n) is 4.01. The van der Waals surface area contributed by atoms with Crippen molar-refractivity contribution in [1.82, 2.24) is 10.2 Å². The Balaban J connectivity index is 1.79. The lowest BCUT2D eigenvalue weighted by Gasteiger charge is -2.39. The van der Waals surface area contributed by atoms with E-state index in [1.54, 1.807) is 12.1 Å². The molecule has 3 rings (SSSR count). The molecule has 0 radical (unpaired) electrons. The molecule has 1 aromatic rings. The van der Waals surface area contributed by atoms with Gasteiger partial charge in [0.2, 0.25) is 11.8 Å². The molecule has 1 aromatic carbocycles. The van der Waals surface area contributed by atoms with Crippen LogP contribution in [-0.4, -0.2) is 49.1 Å². The Bertz CT molecular complexity index is 637. The van der Waals surface area contributed by atoms with Crippen molar-refractivity contribution in [2.24, 2.45) is 5.92 Å². The van der Waals surface area contributed by atoms with Crippen LogP contribution in [0.4, 0.5) is 4.39 Å². The molecule has 2 fully saturated rings. The summed E-state index contributed by atoms with van der Waals surface area (Å²) in [5.74, 6) is -0.530. The third kappa shape index (κ3) is 4.81. The highest BCUT2D eigenvalue weighted by molar-refractivity contribution is 5.82. The topological polar surface area (TPSA) is 58.6 Å². The molecular formula is C20H27FN2O3. The van der Waals surface area contributed by atoms with E-state index in [2.05, 4.69) is 5.32 Å². The number of amides is 2. The Morgan fingerprint density at radius 1 is 1.23 bits per heavy atom. The summed E-state index contributed by atoms with van der Waals surface area (Å²) >= 11 is 0. The van der Waals surface area contributed by atoms with Crippen molar-refractivity contribution in [2.75, 3.05) is 26.3 Å². The van der Waals surface area contributed by atoms with Crippen molar-refractivity contribution in [3.63, 3.8) is 0 Å². The van der Waals surface area contributed by atoms with Crippen molar-refractivity contribution < 1.29 is 18.7 Å². The first-order valence-corrected chi connectivity index (χ1v) is 9.54. The average Bonchev–Trinajstić information content (AvgIpc) is 2.66. The zero-order valence-electron chi connectivity index (χ0n) is 15.1. The second kappa shape index (κ2) is 9.12. The summed E-state index contributed by atoms with van der Waals surface area (Å²) in [5.41, 5.74) is 0.664. The maximum Gasteiger partial charge on any atom is 0.227 e. The van der Waals surface area contributed by atoms with E-state index in [1.807, 2.05) is 4.90 Å². The molecule has 0 spiro atoms. The number of ether oxygens (including phenoxy) is 1. The number of fused-ring (bicyclic) bond motifs is 1. The van der Waals surface area contributed by atoms with E-state index in [0.29, 0.717) is 31.9 Å². The van der Waals surface area contributed by atoms with Crippen molar-refractivity contribution in [3.8, 4) is 0 Å². The molecular weight excluding hydrogens is 335 g/mol. The van der Waals surface area contributed by atoms with Gasteiger partial charge in [-0.2, -0.15) is 0 Å². The summed E-state index contributed by atoms with van der Waals surface area (Å²) in [4.78, 5) is 27.5. The maximum atomic E-state index is 13.4. The third-order valence-electron chi connectivity index (χ3n) is 5.26. The molecule has 2 amide bonds. The first-order chi connectivity index (χ1) is 12.6. The normalized spacial score (nSPS) is 25.0. The van der Waals surface area contributed by atoms with Crippen LogP contribution >= 0.6 is 0 Å². The van der Waals surface area contributed by atoms with Gasteiger partial charge in [0.25, 0.3) is 0 Å². The molecule has 1 N–H and O–H groups in total. The molecule has 2 aliphatic rings. The fourth-order valence-corrected chi connectivity index (χ4v) is 4.01. The molecule has 26 heavy (non-hydrogen) atoms. The summed E-state index contributed by atoms with van der Waals surface area (Å²) in [7, 11) is 0. The second-order valence-electron chi connectivity index (χ2n) is 7.11. The van der Waals surface area contributed by atoms with Gasteiger partial charge in [0.05, 0.1) is 18.9 Å². The number of carbonyl (C=O) groups is 2. The number of rotatable bonds is 2. The predicted molar refractivity (Wildman–Crippen MR) is 96.0 cm³/mol. The molecule has 1 saturated heterocycles. The molecule has 5 nitrogen and oxygen atoms in total. The van der Waals surface area contributed by atoms with Gasteiger partial charge in [-0.15, -0.1) is 0 Å². The van der Waals surface area contributed by atoms with E-state index >= 15 is 0 Å². The van der Waals surface area contributed by atoms with Gasteiger partial charge in [-0.1, -0.05) is 25.0 Å². The van der Waals surface area contributed by atoms with Crippen LogP contribution in [0.1, 0.15) is 37.7 Å².